The molecular formula is C12H22N4O4S2. The van der Waals surface area contributed by atoms with E-state index in [1.807, 2.05) is 0 Å². The number of nitrogens with one attached hydrogen (secondary N) is 2. The molecule has 0 aliphatic carbocycles. The van der Waals surface area contributed by atoms with Gasteiger partial charge in [0.25, 0.3) is 0 Å². The molecule has 2 fully saturated rings. The third kappa shape index (κ3) is 6.31. The highest BCUT2D eigenvalue weighted by molar-refractivity contribution is 8.77. The van der Waals surface area contributed by atoms with E-state index in [-0.39, 0.29) is 25.0 Å². The minimum Gasteiger partial charge on any atom is -0.395 e. The second-order valence-corrected chi connectivity index (χ2v) is 7.74. The molecule has 4 N–H and O–H groups in total. The fourth-order valence-electron chi connectivity index (χ4n) is 1.82. The van der Waals surface area contributed by atoms with Gasteiger partial charge in [-0.15, -0.1) is 0 Å². The average Bonchev–Trinajstić information content (AvgIpc) is 3.39. The van der Waals surface area contributed by atoms with Crippen LogP contribution in [0, 0.1) is 0 Å². The largest absolute Gasteiger partial charge is 0.395 e. The number of carbonyl (C=O) groups excluding carboxylic acids is 2. The molecule has 2 amide bonds. The van der Waals surface area contributed by atoms with Gasteiger partial charge in [0.15, 0.2) is 0 Å². The molecule has 0 saturated carbocycles. The first kappa shape index (κ1) is 17.8. The van der Waals surface area contributed by atoms with Crippen LogP contribution in [0.5, 0.6) is 0 Å². The summed E-state index contributed by atoms with van der Waals surface area (Å²) < 4.78 is 0. The zero-order chi connectivity index (χ0) is 15.9. The van der Waals surface area contributed by atoms with Crippen LogP contribution in [0.3, 0.4) is 0 Å². The number of carbonyl (C=O) groups is 2. The first-order valence-electron chi connectivity index (χ1n) is 7.19. The highest BCUT2D eigenvalue weighted by Crippen LogP contribution is 2.44. The summed E-state index contributed by atoms with van der Waals surface area (Å²) in [6.45, 7) is 3.06. The van der Waals surface area contributed by atoms with E-state index in [1.165, 1.54) is 0 Å². The third-order valence-electron chi connectivity index (χ3n) is 3.17. The predicted molar refractivity (Wildman–Crippen MR) is 86.1 cm³/mol. The van der Waals surface area contributed by atoms with Crippen molar-refractivity contribution in [1.82, 2.24) is 20.4 Å². The van der Waals surface area contributed by atoms with Gasteiger partial charge in [-0.1, -0.05) is 21.6 Å². The summed E-state index contributed by atoms with van der Waals surface area (Å²) in [4.78, 5) is 27.0. The SMILES string of the molecule is O=C(CN1CC1SSC1CN1CC(=O)NCCO)NCCO. The van der Waals surface area contributed by atoms with Crippen LogP contribution in [0.2, 0.25) is 0 Å². The second-order valence-electron chi connectivity index (χ2n) is 5.11. The summed E-state index contributed by atoms with van der Waals surface area (Å²) in [5.41, 5.74) is 0. The lowest BCUT2D eigenvalue weighted by molar-refractivity contribution is -0.122. The van der Waals surface area contributed by atoms with E-state index in [9.17, 15) is 9.59 Å². The van der Waals surface area contributed by atoms with Crippen LogP contribution >= 0.6 is 21.6 Å². The van der Waals surface area contributed by atoms with Crippen molar-refractivity contribution in [3.63, 3.8) is 0 Å². The summed E-state index contributed by atoms with van der Waals surface area (Å²) >= 11 is 0. The smallest absolute Gasteiger partial charge is 0.234 e. The Kier molecular flexibility index (Phi) is 7.25. The Hall–Kier alpha value is -0.520. The van der Waals surface area contributed by atoms with E-state index < -0.39 is 0 Å². The van der Waals surface area contributed by atoms with Crippen molar-refractivity contribution < 1.29 is 19.8 Å². The van der Waals surface area contributed by atoms with E-state index in [0.29, 0.717) is 36.9 Å². The van der Waals surface area contributed by atoms with Crippen molar-refractivity contribution in [3.05, 3.63) is 0 Å². The molecular weight excluding hydrogens is 328 g/mol. The van der Waals surface area contributed by atoms with Crippen molar-refractivity contribution in [3.8, 4) is 0 Å². The van der Waals surface area contributed by atoms with Crippen molar-refractivity contribution in [2.45, 2.75) is 10.7 Å². The van der Waals surface area contributed by atoms with E-state index in [2.05, 4.69) is 20.4 Å². The molecule has 0 spiro atoms. The molecule has 0 radical (unpaired) electrons. The van der Waals surface area contributed by atoms with Crippen molar-refractivity contribution in [2.24, 2.45) is 0 Å². The summed E-state index contributed by atoms with van der Waals surface area (Å²) in [7, 11) is 3.47. The Morgan fingerprint density at radius 2 is 1.32 bits per heavy atom. The van der Waals surface area contributed by atoms with Crippen LogP contribution in [0.15, 0.2) is 0 Å². The van der Waals surface area contributed by atoms with Gasteiger partial charge in [-0.2, -0.15) is 0 Å². The Bertz CT molecular complexity index is 365. The standard InChI is InChI=1S/C12H22N4O4S2/c17-3-1-13-9(19)5-15-7-11(15)21-22-12-8-16(12)6-10(20)14-2-4-18/h11-12,17-18H,1-8H2,(H,13,19)(H,14,20). The maximum atomic E-state index is 11.5. The second kappa shape index (κ2) is 8.94. The summed E-state index contributed by atoms with van der Waals surface area (Å²) in [5.74, 6) is -0.119. The Morgan fingerprint density at radius 1 is 0.909 bits per heavy atom. The maximum Gasteiger partial charge on any atom is 0.234 e. The molecule has 22 heavy (non-hydrogen) atoms. The van der Waals surface area contributed by atoms with Crippen molar-refractivity contribution in [1.29, 1.82) is 0 Å². The van der Waals surface area contributed by atoms with Crippen LogP contribution in [0.1, 0.15) is 0 Å². The topological polar surface area (TPSA) is 105 Å². The van der Waals surface area contributed by atoms with E-state index in [4.69, 9.17) is 10.2 Å². The van der Waals surface area contributed by atoms with Crippen LogP contribution in [-0.4, -0.2) is 95.1 Å². The van der Waals surface area contributed by atoms with E-state index in [1.54, 1.807) is 21.6 Å². The Morgan fingerprint density at radius 3 is 1.68 bits per heavy atom. The number of rotatable bonds is 11. The van der Waals surface area contributed by atoms with Crippen LogP contribution in [-0.2, 0) is 9.59 Å². The minimum absolute atomic E-state index is 0.0385. The van der Waals surface area contributed by atoms with Gasteiger partial charge in [0, 0.05) is 26.2 Å². The lowest BCUT2D eigenvalue weighted by Gasteiger charge is -2.05. The predicted octanol–water partition coefficient (Wildman–Crippen LogP) is -2.13. The van der Waals surface area contributed by atoms with Gasteiger partial charge >= 0.3 is 0 Å². The summed E-state index contributed by atoms with van der Waals surface area (Å²) in [6.07, 6.45) is 0. The molecule has 2 aliphatic heterocycles. The van der Waals surface area contributed by atoms with Crippen LogP contribution in [0.4, 0.5) is 0 Å². The van der Waals surface area contributed by atoms with Gasteiger partial charge in [0.05, 0.1) is 37.1 Å². The normalized spacial score (nSPS) is 29.0. The van der Waals surface area contributed by atoms with Crippen molar-refractivity contribution in [2.75, 3.05) is 52.5 Å². The quantitative estimate of drug-likeness (QED) is 0.247. The van der Waals surface area contributed by atoms with Gasteiger partial charge in [-0.3, -0.25) is 19.4 Å². The lowest BCUT2D eigenvalue weighted by atomic mass is 10.5. The summed E-state index contributed by atoms with van der Waals surface area (Å²) in [6, 6.07) is 0. The molecule has 2 rings (SSSR count). The number of amides is 2. The molecule has 0 bridgehead atoms. The number of hydrogen-bond donors (Lipinski definition) is 4. The van der Waals surface area contributed by atoms with Gasteiger partial charge in [-0.05, 0) is 0 Å². The number of nitrogens with zero attached hydrogens (tertiary/aromatic N) is 2. The lowest BCUT2D eigenvalue weighted by Crippen LogP contribution is -2.32. The molecule has 0 aromatic rings. The monoisotopic (exact) mass is 350 g/mol. The van der Waals surface area contributed by atoms with Crippen LogP contribution in [0.25, 0.3) is 0 Å². The van der Waals surface area contributed by atoms with Gasteiger partial charge < -0.3 is 20.8 Å². The fourth-order valence-corrected chi connectivity index (χ4v) is 4.84. The highest BCUT2D eigenvalue weighted by Gasteiger charge is 2.41. The number of aliphatic hydroxyl groups excluding tert-OH is 2. The average molecular weight is 350 g/mol. The number of hydrogen-bond acceptors (Lipinski definition) is 8. The molecule has 4 unspecified atom stereocenters. The number of aliphatic hydroxyl groups is 2. The molecule has 126 valence electrons. The van der Waals surface area contributed by atoms with Crippen molar-refractivity contribution >= 4 is 33.4 Å². The molecule has 4 atom stereocenters. The Balaban J connectivity index is 1.49. The molecule has 2 aliphatic rings. The maximum absolute atomic E-state index is 11.5. The zero-order valence-electron chi connectivity index (χ0n) is 12.2. The van der Waals surface area contributed by atoms with Crippen LogP contribution < -0.4 is 10.6 Å². The van der Waals surface area contributed by atoms with Gasteiger partial charge in [0.2, 0.25) is 11.8 Å². The summed E-state index contributed by atoms with van der Waals surface area (Å²) in [5, 5.41) is 23.2. The minimum atomic E-state index is -0.0595. The molecule has 8 nitrogen and oxygen atoms in total. The Labute approximate surface area is 137 Å². The van der Waals surface area contributed by atoms with E-state index >= 15 is 0 Å². The fraction of sp³-hybridized carbons (Fsp3) is 0.833. The molecule has 0 aromatic heterocycles. The molecule has 10 heteroatoms. The first-order chi connectivity index (χ1) is 10.6. The zero-order valence-corrected chi connectivity index (χ0v) is 13.9. The highest BCUT2D eigenvalue weighted by atomic mass is 33.1. The third-order valence-corrected chi connectivity index (χ3v) is 6.28. The molecule has 0 aromatic carbocycles. The molecule has 2 saturated heterocycles. The van der Waals surface area contributed by atoms with Gasteiger partial charge in [0.1, 0.15) is 0 Å². The first-order valence-corrected chi connectivity index (χ1v) is 9.47. The van der Waals surface area contributed by atoms with E-state index in [0.717, 1.165) is 13.1 Å². The van der Waals surface area contributed by atoms with Gasteiger partial charge in [-0.25, -0.2) is 0 Å². The molecule has 2 heterocycles.